The van der Waals surface area contributed by atoms with Crippen molar-refractivity contribution in [2.24, 2.45) is 11.1 Å². The zero-order valence-electron chi connectivity index (χ0n) is 11.8. The average Bonchev–Trinajstić information content (AvgIpc) is 2.40. The van der Waals surface area contributed by atoms with Crippen molar-refractivity contribution in [1.29, 1.82) is 0 Å². The molecule has 0 unspecified atom stereocenters. The zero-order chi connectivity index (χ0) is 14.4. The number of hydrogen-bond acceptors (Lipinski definition) is 2. The lowest BCUT2D eigenvalue weighted by Crippen LogP contribution is -2.46. The van der Waals surface area contributed by atoms with Crippen LogP contribution in [-0.4, -0.2) is 19.0 Å². The summed E-state index contributed by atoms with van der Waals surface area (Å²) in [6.07, 6.45) is 5.99. The fraction of sp³-hybridized carbons (Fsp3) is 0.562. The van der Waals surface area contributed by atoms with E-state index in [1.54, 1.807) is 0 Å². The summed E-state index contributed by atoms with van der Waals surface area (Å²) >= 11 is 3.42. The molecule has 0 heterocycles. The van der Waals surface area contributed by atoms with Crippen LogP contribution in [0.2, 0.25) is 0 Å². The molecule has 4 heteroatoms. The Kier molecular flexibility index (Phi) is 5.61. The Balaban J connectivity index is 1.64. The van der Waals surface area contributed by atoms with Crippen LogP contribution in [0.25, 0.3) is 0 Å². The monoisotopic (exact) mass is 338 g/mol. The first-order chi connectivity index (χ1) is 9.63. The highest BCUT2D eigenvalue weighted by Gasteiger charge is 2.35. The van der Waals surface area contributed by atoms with Crippen molar-refractivity contribution < 1.29 is 4.79 Å². The number of hydrogen-bond donors (Lipinski definition) is 2. The molecule has 1 aromatic carbocycles. The molecule has 0 aliphatic heterocycles. The molecule has 1 aliphatic carbocycles. The molecule has 0 spiro atoms. The van der Waals surface area contributed by atoms with Gasteiger partial charge in [-0.3, -0.25) is 4.79 Å². The molecule has 0 radical (unpaired) electrons. The van der Waals surface area contributed by atoms with Crippen LogP contribution >= 0.6 is 15.9 Å². The van der Waals surface area contributed by atoms with Crippen molar-refractivity contribution in [3.63, 3.8) is 0 Å². The van der Waals surface area contributed by atoms with Crippen LogP contribution in [0.15, 0.2) is 28.7 Å². The van der Waals surface area contributed by atoms with E-state index in [1.807, 2.05) is 12.1 Å². The number of amides is 1. The van der Waals surface area contributed by atoms with Gasteiger partial charge in [0, 0.05) is 17.4 Å². The Morgan fingerprint density at radius 2 is 2.00 bits per heavy atom. The Morgan fingerprint density at radius 3 is 2.55 bits per heavy atom. The number of nitrogens with two attached hydrogens (primary N) is 1. The number of benzene rings is 1. The molecule has 1 aromatic rings. The molecule has 1 amide bonds. The van der Waals surface area contributed by atoms with E-state index in [1.165, 1.54) is 12.0 Å². The fourth-order valence-electron chi connectivity index (χ4n) is 2.61. The Bertz CT molecular complexity index is 435. The van der Waals surface area contributed by atoms with E-state index in [4.69, 9.17) is 5.73 Å². The summed E-state index contributed by atoms with van der Waals surface area (Å²) in [5, 5.41) is 3.05. The summed E-state index contributed by atoms with van der Waals surface area (Å²) in [5.41, 5.74) is 7.26. The van der Waals surface area contributed by atoms with Gasteiger partial charge in [-0.1, -0.05) is 34.5 Å². The maximum atomic E-state index is 11.8. The lowest BCUT2D eigenvalue weighted by atomic mass is 9.69. The van der Waals surface area contributed by atoms with Crippen LogP contribution in [0.3, 0.4) is 0 Å². The van der Waals surface area contributed by atoms with Crippen molar-refractivity contribution in [3.8, 4) is 0 Å². The van der Waals surface area contributed by atoms with Gasteiger partial charge in [-0.05, 0) is 55.3 Å². The highest BCUT2D eigenvalue weighted by Crippen LogP contribution is 2.39. The number of carbonyl (C=O) groups excluding carboxylic acids is 1. The van der Waals surface area contributed by atoms with E-state index in [9.17, 15) is 4.79 Å². The first-order valence-electron chi connectivity index (χ1n) is 7.35. The first kappa shape index (κ1) is 15.5. The second-order valence-electron chi connectivity index (χ2n) is 5.81. The van der Waals surface area contributed by atoms with E-state index in [-0.39, 0.29) is 11.3 Å². The van der Waals surface area contributed by atoms with Gasteiger partial charge in [0.15, 0.2) is 0 Å². The van der Waals surface area contributed by atoms with Gasteiger partial charge in [-0.25, -0.2) is 0 Å². The predicted molar refractivity (Wildman–Crippen MR) is 85.4 cm³/mol. The Hall–Kier alpha value is -0.870. The van der Waals surface area contributed by atoms with E-state index >= 15 is 0 Å². The summed E-state index contributed by atoms with van der Waals surface area (Å²) in [5.74, 6) is 0.154. The average molecular weight is 339 g/mol. The van der Waals surface area contributed by atoms with E-state index < -0.39 is 0 Å². The minimum absolute atomic E-state index is 0.154. The molecule has 0 bridgehead atoms. The number of rotatable bonds is 7. The summed E-state index contributed by atoms with van der Waals surface area (Å²) in [6, 6.07) is 8.27. The topological polar surface area (TPSA) is 55.1 Å². The third-order valence-electron chi connectivity index (χ3n) is 4.29. The molecule has 0 saturated heterocycles. The lowest BCUT2D eigenvalue weighted by molar-refractivity contribution is -0.122. The molecule has 1 aliphatic rings. The molecule has 2 rings (SSSR count). The van der Waals surface area contributed by atoms with Gasteiger partial charge in [0.1, 0.15) is 0 Å². The van der Waals surface area contributed by atoms with Gasteiger partial charge in [0.25, 0.3) is 0 Å². The fourth-order valence-corrected chi connectivity index (χ4v) is 2.87. The van der Waals surface area contributed by atoms with Gasteiger partial charge in [0.05, 0.1) is 0 Å². The smallest absolute Gasteiger partial charge is 0.220 e. The van der Waals surface area contributed by atoms with Gasteiger partial charge in [-0.2, -0.15) is 0 Å². The van der Waals surface area contributed by atoms with Crippen LogP contribution < -0.4 is 11.1 Å². The molecule has 0 atom stereocenters. The number of carbonyl (C=O) groups is 1. The van der Waals surface area contributed by atoms with Crippen molar-refractivity contribution in [2.75, 3.05) is 13.1 Å². The molecule has 0 aromatic heterocycles. The van der Waals surface area contributed by atoms with E-state index in [0.29, 0.717) is 13.0 Å². The second-order valence-corrected chi connectivity index (χ2v) is 6.73. The number of halogens is 1. The standard InChI is InChI=1S/C16H23BrN2O/c17-14-7-5-13(6-8-14)3-1-4-15(20)19-12-16(11-18)9-2-10-16/h5-8H,1-4,9-12,18H2,(H,19,20). The molecular formula is C16H23BrN2O. The van der Waals surface area contributed by atoms with E-state index in [2.05, 4.69) is 33.4 Å². The molecule has 110 valence electrons. The molecule has 3 N–H and O–H groups in total. The molecule has 20 heavy (non-hydrogen) atoms. The summed E-state index contributed by atoms with van der Waals surface area (Å²) in [4.78, 5) is 11.8. The van der Waals surface area contributed by atoms with Crippen molar-refractivity contribution in [1.82, 2.24) is 5.32 Å². The SMILES string of the molecule is NCC1(CNC(=O)CCCc2ccc(Br)cc2)CCC1. The largest absolute Gasteiger partial charge is 0.355 e. The predicted octanol–water partition coefficient (Wildman–Crippen LogP) is 3.02. The minimum Gasteiger partial charge on any atom is -0.355 e. The maximum absolute atomic E-state index is 11.8. The van der Waals surface area contributed by atoms with Gasteiger partial charge < -0.3 is 11.1 Å². The Labute approximate surface area is 129 Å². The number of nitrogens with one attached hydrogen (secondary N) is 1. The Morgan fingerprint density at radius 1 is 1.30 bits per heavy atom. The van der Waals surface area contributed by atoms with E-state index in [0.717, 1.165) is 36.7 Å². The first-order valence-corrected chi connectivity index (χ1v) is 8.14. The van der Waals surface area contributed by atoms with Crippen LogP contribution in [0, 0.1) is 5.41 Å². The van der Waals surface area contributed by atoms with Gasteiger partial charge in [0.2, 0.25) is 5.91 Å². The maximum Gasteiger partial charge on any atom is 0.220 e. The summed E-state index contributed by atoms with van der Waals surface area (Å²) < 4.78 is 1.09. The van der Waals surface area contributed by atoms with Crippen LogP contribution in [0.1, 0.15) is 37.7 Å². The number of aryl methyl sites for hydroxylation is 1. The molecular weight excluding hydrogens is 316 g/mol. The molecule has 1 saturated carbocycles. The van der Waals surface area contributed by atoms with Crippen LogP contribution in [0.4, 0.5) is 0 Å². The van der Waals surface area contributed by atoms with Crippen molar-refractivity contribution in [3.05, 3.63) is 34.3 Å². The summed E-state index contributed by atoms with van der Waals surface area (Å²) in [7, 11) is 0. The van der Waals surface area contributed by atoms with Gasteiger partial charge in [-0.15, -0.1) is 0 Å². The zero-order valence-corrected chi connectivity index (χ0v) is 13.4. The van der Waals surface area contributed by atoms with Crippen molar-refractivity contribution >= 4 is 21.8 Å². The van der Waals surface area contributed by atoms with Gasteiger partial charge >= 0.3 is 0 Å². The highest BCUT2D eigenvalue weighted by molar-refractivity contribution is 9.10. The van der Waals surface area contributed by atoms with Crippen LogP contribution in [-0.2, 0) is 11.2 Å². The molecule has 1 fully saturated rings. The quantitative estimate of drug-likeness (QED) is 0.802. The third-order valence-corrected chi connectivity index (χ3v) is 4.82. The minimum atomic E-state index is 0.154. The lowest BCUT2D eigenvalue weighted by Gasteiger charge is -2.41. The highest BCUT2D eigenvalue weighted by atomic mass is 79.9. The summed E-state index contributed by atoms with van der Waals surface area (Å²) in [6.45, 7) is 1.44. The van der Waals surface area contributed by atoms with Crippen LogP contribution in [0.5, 0.6) is 0 Å². The molecule has 3 nitrogen and oxygen atoms in total. The third kappa shape index (κ3) is 4.32. The normalized spacial score (nSPS) is 16.5. The second kappa shape index (κ2) is 7.23. The van der Waals surface area contributed by atoms with Crippen molar-refractivity contribution in [2.45, 2.75) is 38.5 Å².